The Hall–Kier alpha value is -1.04. The average Bonchev–Trinajstić information content (AvgIpc) is 2.66. The average molecular weight is 139 g/mol. The zero-order valence-electron chi connectivity index (χ0n) is 5.83. The van der Waals surface area contributed by atoms with Gasteiger partial charge in [-0.2, -0.15) is 5.26 Å². The third-order valence-corrected chi connectivity index (χ3v) is 1.55. The molecule has 10 heavy (non-hydrogen) atoms. The van der Waals surface area contributed by atoms with Gasteiger partial charge in [-0.3, -0.25) is 4.79 Å². The van der Waals surface area contributed by atoms with Gasteiger partial charge in [0.1, 0.15) is 0 Å². The Labute approximate surface area is 59.6 Å². The summed E-state index contributed by atoms with van der Waals surface area (Å²) in [6.07, 6.45) is 0.690. The van der Waals surface area contributed by atoms with Gasteiger partial charge in [-0.15, -0.1) is 0 Å². The minimum atomic E-state index is -0.214. The first kappa shape index (κ1) is 7.07. The van der Waals surface area contributed by atoms with Gasteiger partial charge in [-0.1, -0.05) is 0 Å². The number of rotatable bonds is 2. The predicted molar refractivity (Wildman–Crippen MR) is 33.8 cm³/mol. The molecule has 0 aliphatic heterocycles. The molecule has 0 aromatic heterocycles. The number of nitrogens with zero attached hydrogens (tertiary/aromatic N) is 1. The molecule has 0 spiro atoms. The monoisotopic (exact) mass is 139 g/mol. The van der Waals surface area contributed by atoms with E-state index in [-0.39, 0.29) is 17.8 Å². The van der Waals surface area contributed by atoms with Gasteiger partial charge >= 0.3 is 5.97 Å². The van der Waals surface area contributed by atoms with E-state index in [2.05, 4.69) is 0 Å². The minimum absolute atomic E-state index is 0.0703. The fourth-order valence-corrected chi connectivity index (χ4v) is 0.847. The van der Waals surface area contributed by atoms with Gasteiger partial charge < -0.3 is 4.74 Å². The summed E-state index contributed by atoms with van der Waals surface area (Å²) in [7, 11) is 0. The molecular weight excluding hydrogens is 130 g/mol. The maximum absolute atomic E-state index is 10.8. The molecule has 2 atom stereocenters. The van der Waals surface area contributed by atoms with E-state index in [1.807, 2.05) is 6.07 Å². The molecule has 1 rings (SSSR count). The summed E-state index contributed by atoms with van der Waals surface area (Å²) in [5.74, 6) is -0.405. The van der Waals surface area contributed by atoms with Gasteiger partial charge in [0.05, 0.1) is 24.5 Å². The Morgan fingerprint density at radius 3 is 3.00 bits per heavy atom. The Kier molecular flexibility index (Phi) is 1.91. The largest absolute Gasteiger partial charge is 0.466 e. The van der Waals surface area contributed by atoms with E-state index in [4.69, 9.17) is 10.00 Å². The molecule has 0 aromatic rings. The highest BCUT2D eigenvalue weighted by molar-refractivity contribution is 5.76. The lowest BCUT2D eigenvalue weighted by Gasteiger charge is -1.96. The molecule has 54 valence electrons. The van der Waals surface area contributed by atoms with E-state index in [9.17, 15) is 4.79 Å². The summed E-state index contributed by atoms with van der Waals surface area (Å²) < 4.78 is 4.71. The quantitative estimate of drug-likeness (QED) is 0.529. The highest BCUT2D eigenvalue weighted by Crippen LogP contribution is 2.38. The molecule has 3 heteroatoms. The maximum atomic E-state index is 10.8. The van der Waals surface area contributed by atoms with Crippen LogP contribution in [0.4, 0.5) is 0 Å². The molecule has 1 aliphatic rings. The van der Waals surface area contributed by atoms with Crippen LogP contribution in [0, 0.1) is 23.2 Å². The van der Waals surface area contributed by atoms with E-state index in [0.29, 0.717) is 13.0 Å². The molecule has 0 saturated heterocycles. The number of hydrogen-bond acceptors (Lipinski definition) is 3. The van der Waals surface area contributed by atoms with Crippen LogP contribution in [0.2, 0.25) is 0 Å². The fraction of sp³-hybridized carbons (Fsp3) is 0.714. The van der Waals surface area contributed by atoms with E-state index >= 15 is 0 Å². The lowest BCUT2D eigenvalue weighted by Crippen LogP contribution is -2.06. The van der Waals surface area contributed by atoms with Crippen LogP contribution >= 0.6 is 0 Å². The van der Waals surface area contributed by atoms with Crippen molar-refractivity contribution >= 4 is 5.97 Å². The van der Waals surface area contributed by atoms with Crippen molar-refractivity contribution in [1.29, 1.82) is 5.26 Å². The van der Waals surface area contributed by atoms with Gasteiger partial charge in [-0.25, -0.2) is 0 Å². The Morgan fingerprint density at radius 2 is 2.60 bits per heavy atom. The van der Waals surface area contributed by atoms with Crippen LogP contribution in [0.1, 0.15) is 13.3 Å². The third-order valence-electron chi connectivity index (χ3n) is 1.55. The van der Waals surface area contributed by atoms with Crippen LogP contribution in [-0.2, 0) is 9.53 Å². The zero-order chi connectivity index (χ0) is 7.56. The van der Waals surface area contributed by atoms with E-state index < -0.39 is 0 Å². The van der Waals surface area contributed by atoms with Crippen molar-refractivity contribution in [3.8, 4) is 6.07 Å². The van der Waals surface area contributed by atoms with Gasteiger partial charge in [-0.05, 0) is 13.3 Å². The smallest absolute Gasteiger partial charge is 0.310 e. The molecule has 3 nitrogen and oxygen atoms in total. The summed E-state index contributed by atoms with van der Waals surface area (Å²) in [4.78, 5) is 10.8. The standard InChI is InChI=1S/C7H9NO2/c1-2-10-7(9)6-3-5(6)4-8/h5-6H,2-3H2,1H3/t5-,6-/m1/s1. The molecule has 1 fully saturated rings. The normalized spacial score (nSPS) is 28.8. The molecule has 1 saturated carbocycles. The number of carbonyl (C=O) groups excluding carboxylic acids is 1. The van der Waals surface area contributed by atoms with E-state index in [1.165, 1.54) is 0 Å². The van der Waals surface area contributed by atoms with Crippen LogP contribution < -0.4 is 0 Å². The van der Waals surface area contributed by atoms with Crippen LogP contribution in [0.3, 0.4) is 0 Å². The van der Waals surface area contributed by atoms with Crippen molar-refractivity contribution in [3.05, 3.63) is 0 Å². The highest BCUT2D eigenvalue weighted by atomic mass is 16.5. The van der Waals surface area contributed by atoms with Crippen molar-refractivity contribution in [1.82, 2.24) is 0 Å². The number of ether oxygens (including phenoxy) is 1. The summed E-state index contributed by atoms with van der Waals surface area (Å²) >= 11 is 0. The second-order valence-corrected chi connectivity index (χ2v) is 2.33. The lowest BCUT2D eigenvalue weighted by molar-refractivity contribution is -0.144. The minimum Gasteiger partial charge on any atom is -0.466 e. The van der Waals surface area contributed by atoms with Crippen molar-refractivity contribution in [3.63, 3.8) is 0 Å². The summed E-state index contributed by atoms with van der Waals surface area (Å²) in [6, 6.07) is 2.03. The molecule has 0 bridgehead atoms. The first-order valence-corrected chi connectivity index (χ1v) is 3.35. The zero-order valence-corrected chi connectivity index (χ0v) is 5.83. The number of esters is 1. The van der Waals surface area contributed by atoms with E-state index in [0.717, 1.165) is 0 Å². The van der Waals surface area contributed by atoms with E-state index in [1.54, 1.807) is 6.92 Å². The number of hydrogen-bond donors (Lipinski definition) is 0. The highest BCUT2D eigenvalue weighted by Gasteiger charge is 2.44. The Balaban J connectivity index is 2.27. The molecule has 0 radical (unpaired) electrons. The van der Waals surface area contributed by atoms with Gasteiger partial charge in [0.15, 0.2) is 0 Å². The molecular formula is C7H9NO2. The van der Waals surface area contributed by atoms with Crippen LogP contribution in [0.25, 0.3) is 0 Å². The second-order valence-electron chi connectivity index (χ2n) is 2.33. The van der Waals surface area contributed by atoms with Crippen molar-refractivity contribution in [2.75, 3.05) is 6.61 Å². The molecule has 0 unspecified atom stereocenters. The Bertz CT molecular complexity index is 183. The molecule has 0 heterocycles. The van der Waals surface area contributed by atoms with Crippen molar-refractivity contribution in [2.24, 2.45) is 11.8 Å². The van der Waals surface area contributed by atoms with Crippen molar-refractivity contribution < 1.29 is 9.53 Å². The molecule has 0 aromatic carbocycles. The Morgan fingerprint density at radius 1 is 1.90 bits per heavy atom. The topological polar surface area (TPSA) is 50.1 Å². The van der Waals surface area contributed by atoms with Gasteiger partial charge in [0.2, 0.25) is 0 Å². The van der Waals surface area contributed by atoms with Crippen LogP contribution in [0.15, 0.2) is 0 Å². The second kappa shape index (κ2) is 2.70. The fourth-order valence-electron chi connectivity index (χ4n) is 0.847. The summed E-state index contributed by atoms with van der Waals surface area (Å²) in [5.41, 5.74) is 0. The maximum Gasteiger partial charge on any atom is 0.310 e. The van der Waals surface area contributed by atoms with Crippen LogP contribution in [0.5, 0.6) is 0 Å². The summed E-state index contributed by atoms with van der Waals surface area (Å²) in [5, 5.41) is 8.34. The first-order valence-electron chi connectivity index (χ1n) is 3.35. The third kappa shape index (κ3) is 1.27. The number of nitriles is 1. The van der Waals surface area contributed by atoms with Gasteiger partial charge in [0, 0.05) is 0 Å². The SMILES string of the molecule is CCOC(=O)[C@@H]1C[C@@H]1C#N. The van der Waals surface area contributed by atoms with Gasteiger partial charge in [0.25, 0.3) is 0 Å². The lowest BCUT2D eigenvalue weighted by atomic mass is 10.3. The predicted octanol–water partition coefficient (Wildman–Crippen LogP) is 0.709. The molecule has 0 amide bonds. The van der Waals surface area contributed by atoms with Crippen LogP contribution in [-0.4, -0.2) is 12.6 Å². The summed E-state index contributed by atoms with van der Waals surface area (Å²) in [6.45, 7) is 2.18. The van der Waals surface area contributed by atoms with Crippen molar-refractivity contribution in [2.45, 2.75) is 13.3 Å². The molecule has 0 N–H and O–H groups in total. The first-order chi connectivity index (χ1) is 4.79. The molecule has 1 aliphatic carbocycles. The number of carbonyl (C=O) groups is 1.